The number of esters is 1. The predicted molar refractivity (Wildman–Crippen MR) is 69.7 cm³/mol. The summed E-state index contributed by atoms with van der Waals surface area (Å²) in [5, 5.41) is 2.33. The fraction of sp³-hybridized carbons (Fsp3) is 0.357. The van der Waals surface area contributed by atoms with E-state index in [0.29, 0.717) is 5.56 Å². The normalized spacial score (nSPS) is 11.5. The second-order valence-corrected chi connectivity index (χ2v) is 4.06. The van der Waals surface area contributed by atoms with E-state index < -0.39 is 23.7 Å². The highest BCUT2D eigenvalue weighted by Gasteiger charge is 2.30. The van der Waals surface area contributed by atoms with Crippen molar-refractivity contribution in [1.82, 2.24) is 5.32 Å². The minimum absolute atomic E-state index is 0.149. The van der Waals surface area contributed by atoms with Gasteiger partial charge in [-0.3, -0.25) is 9.59 Å². The van der Waals surface area contributed by atoms with Gasteiger partial charge in [-0.15, -0.1) is 0 Å². The number of rotatable bonds is 5. The zero-order valence-electron chi connectivity index (χ0n) is 11.2. The van der Waals surface area contributed by atoms with Gasteiger partial charge in [0.1, 0.15) is 0 Å². The highest BCUT2D eigenvalue weighted by atomic mass is 16.5. The van der Waals surface area contributed by atoms with Crippen LogP contribution in [0.2, 0.25) is 0 Å². The highest BCUT2D eigenvalue weighted by Crippen LogP contribution is 2.11. The molecule has 0 aromatic heterocycles. The first-order chi connectivity index (χ1) is 8.97. The summed E-state index contributed by atoms with van der Waals surface area (Å²) in [6.07, 6.45) is 0. The van der Waals surface area contributed by atoms with Crippen LogP contribution in [-0.2, 0) is 14.3 Å². The summed E-state index contributed by atoms with van der Waals surface area (Å²) < 4.78 is 4.81. The van der Waals surface area contributed by atoms with Crippen LogP contribution in [-0.4, -0.2) is 30.3 Å². The summed E-state index contributed by atoms with van der Waals surface area (Å²) in [6.45, 7) is 4.80. The van der Waals surface area contributed by atoms with E-state index in [9.17, 15) is 14.4 Å². The first-order valence-electron chi connectivity index (χ1n) is 6.01. The zero-order chi connectivity index (χ0) is 14.4. The molecule has 1 aromatic rings. The number of ether oxygens (including phenoxy) is 1. The third-order valence-electron chi connectivity index (χ3n) is 2.54. The van der Waals surface area contributed by atoms with Crippen LogP contribution >= 0.6 is 0 Å². The molecule has 0 radical (unpaired) electrons. The summed E-state index contributed by atoms with van der Waals surface area (Å²) in [5.41, 5.74) is 1.14. The number of benzene rings is 1. The van der Waals surface area contributed by atoms with E-state index in [-0.39, 0.29) is 6.61 Å². The van der Waals surface area contributed by atoms with Crippen molar-refractivity contribution in [3.05, 3.63) is 35.4 Å². The van der Waals surface area contributed by atoms with Crippen LogP contribution < -0.4 is 5.32 Å². The van der Waals surface area contributed by atoms with Crippen LogP contribution in [0, 0.1) is 6.92 Å². The SMILES string of the molecule is CCOC(=O)C(NC(C)=O)C(=O)c1ccccc1C. The topological polar surface area (TPSA) is 72.5 Å². The molecule has 0 heterocycles. The van der Waals surface area contributed by atoms with Crippen molar-refractivity contribution in [2.75, 3.05) is 6.61 Å². The smallest absolute Gasteiger partial charge is 0.336 e. The molecule has 0 bridgehead atoms. The molecular formula is C14H17NO4. The third-order valence-corrected chi connectivity index (χ3v) is 2.54. The van der Waals surface area contributed by atoms with Gasteiger partial charge in [-0.1, -0.05) is 24.3 Å². The summed E-state index contributed by atoms with van der Waals surface area (Å²) in [5.74, 6) is -1.67. The van der Waals surface area contributed by atoms with Gasteiger partial charge < -0.3 is 10.1 Å². The number of hydrogen-bond acceptors (Lipinski definition) is 4. The van der Waals surface area contributed by atoms with Crippen molar-refractivity contribution in [2.24, 2.45) is 0 Å². The molecule has 0 saturated carbocycles. The lowest BCUT2D eigenvalue weighted by molar-refractivity contribution is -0.145. The molecule has 5 nitrogen and oxygen atoms in total. The summed E-state index contributed by atoms with van der Waals surface area (Å²) in [6, 6.07) is 5.59. The minimum Gasteiger partial charge on any atom is -0.464 e. The molecule has 1 unspecified atom stereocenters. The molecule has 0 spiro atoms. The molecule has 5 heteroatoms. The van der Waals surface area contributed by atoms with Crippen molar-refractivity contribution >= 4 is 17.7 Å². The Morgan fingerprint density at radius 1 is 1.26 bits per heavy atom. The molecule has 1 rings (SSSR count). The van der Waals surface area contributed by atoms with E-state index in [4.69, 9.17) is 4.74 Å². The Hall–Kier alpha value is -2.17. The Bertz CT molecular complexity index is 496. The lowest BCUT2D eigenvalue weighted by atomic mass is 9.99. The van der Waals surface area contributed by atoms with E-state index in [1.165, 1.54) is 6.92 Å². The Kier molecular flexibility index (Phi) is 5.23. The van der Waals surface area contributed by atoms with E-state index in [2.05, 4.69) is 5.32 Å². The number of hydrogen-bond donors (Lipinski definition) is 1. The average Bonchev–Trinajstić information content (AvgIpc) is 2.36. The van der Waals surface area contributed by atoms with Crippen LogP contribution in [0.15, 0.2) is 24.3 Å². The van der Waals surface area contributed by atoms with Crippen LogP contribution in [0.5, 0.6) is 0 Å². The standard InChI is InChI=1S/C14H17NO4/c1-4-19-14(18)12(15-10(3)16)13(17)11-8-6-5-7-9(11)2/h5-8,12H,4H2,1-3H3,(H,15,16). The number of carbonyl (C=O) groups is 3. The second-order valence-electron chi connectivity index (χ2n) is 4.06. The van der Waals surface area contributed by atoms with E-state index in [0.717, 1.165) is 5.56 Å². The van der Waals surface area contributed by atoms with Gasteiger partial charge in [0.2, 0.25) is 5.91 Å². The molecule has 1 aromatic carbocycles. The molecule has 0 aliphatic rings. The lowest BCUT2D eigenvalue weighted by Gasteiger charge is -2.16. The largest absolute Gasteiger partial charge is 0.464 e. The van der Waals surface area contributed by atoms with Crippen molar-refractivity contribution in [3.8, 4) is 0 Å². The zero-order valence-corrected chi connectivity index (χ0v) is 11.2. The molecule has 1 amide bonds. The van der Waals surface area contributed by atoms with Gasteiger partial charge in [0.15, 0.2) is 11.8 Å². The van der Waals surface area contributed by atoms with E-state index in [1.807, 2.05) is 0 Å². The maximum atomic E-state index is 12.3. The summed E-state index contributed by atoms with van der Waals surface area (Å²) in [4.78, 5) is 35.2. The molecule has 102 valence electrons. The Balaban J connectivity index is 3.04. The number of nitrogens with one attached hydrogen (secondary N) is 1. The van der Waals surface area contributed by atoms with Gasteiger partial charge >= 0.3 is 5.97 Å². The van der Waals surface area contributed by atoms with Gasteiger partial charge in [0.05, 0.1) is 6.61 Å². The summed E-state index contributed by atoms with van der Waals surface area (Å²) in [7, 11) is 0. The fourth-order valence-electron chi connectivity index (χ4n) is 1.67. The Morgan fingerprint density at radius 2 is 1.89 bits per heavy atom. The molecule has 0 aliphatic heterocycles. The predicted octanol–water partition coefficient (Wildman–Crippen LogP) is 1.25. The van der Waals surface area contributed by atoms with Crippen LogP contribution in [0.1, 0.15) is 29.8 Å². The quantitative estimate of drug-likeness (QED) is 0.493. The monoisotopic (exact) mass is 263 g/mol. The van der Waals surface area contributed by atoms with Gasteiger partial charge in [-0.05, 0) is 19.4 Å². The van der Waals surface area contributed by atoms with Crippen molar-refractivity contribution in [2.45, 2.75) is 26.8 Å². The number of ketones is 1. The van der Waals surface area contributed by atoms with E-state index in [1.54, 1.807) is 38.1 Å². The Labute approximate surface area is 111 Å². The molecule has 0 aliphatic carbocycles. The molecule has 0 saturated heterocycles. The molecule has 0 fully saturated rings. The number of amides is 1. The second kappa shape index (κ2) is 6.68. The minimum atomic E-state index is -1.29. The number of Topliss-reactive ketones (excluding diaryl/α,β-unsaturated/α-hetero) is 1. The first kappa shape index (κ1) is 14.9. The van der Waals surface area contributed by atoms with Gasteiger partial charge in [-0.25, -0.2) is 4.79 Å². The molecule has 1 N–H and O–H groups in total. The maximum Gasteiger partial charge on any atom is 0.336 e. The van der Waals surface area contributed by atoms with Gasteiger partial charge in [0.25, 0.3) is 0 Å². The van der Waals surface area contributed by atoms with E-state index >= 15 is 0 Å². The van der Waals surface area contributed by atoms with Gasteiger partial charge in [0, 0.05) is 12.5 Å². The first-order valence-corrected chi connectivity index (χ1v) is 6.01. The van der Waals surface area contributed by atoms with Crippen LogP contribution in [0.4, 0.5) is 0 Å². The van der Waals surface area contributed by atoms with Crippen molar-refractivity contribution in [1.29, 1.82) is 0 Å². The molecule has 1 atom stereocenters. The van der Waals surface area contributed by atoms with Crippen LogP contribution in [0.25, 0.3) is 0 Å². The van der Waals surface area contributed by atoms with Crippen LogP contribution in [0.3, 0.4) is 0 Å². The lowest BCUT2D eigenvalue weighted by Crippen LogP contribution is -2.46. The average molecular weight is 263 g/mol. The molecular weight excluding hydrogens is 246 g/mol. The van der Waals surface area contributed by atoms with Crippen molar-refractivity contribution in [3.63, 3.8) is 0 Å². The maximum absolute atomic E-state index is 12.3. The van der Waals surface area contributed by atoms with Gasteiger partial charge in [-0.2, -0.15) is 0 Å². The molecule has 19 heavy (non-hydrogen) atoms. The number of aryl methyl sites for hydroxylation is 1. The highest BCUT2D eigenvalue weighted by molar-refractivity contribution is 6.14. The summed E-state index contributed by atoms with van der Waals surface area (Å²) >= 11 is 0. The fourth-order valence-corrected chi connectivity index (χ4v) is 1.67. The number of carbonyl (C=O) groups excluding carboxylic acids is 3. The Morgan fingerprint density at radius 3 is 2.42 bits per heavy atom. The van der Waals surface area contributed by atoms with Crippen molar-refractivity contribution < 1.29 is 19.1 Å². The third kappa shape index (κ3) is 3.91.